The van der Waals surface area contributed by atoms with Gasteiger partial charge in [0, 0.05) is 38.7 Å². The molecule has 0 unspecified atom stereocenters. The summed E-state index contributed by atoms with van der Waals surface area (Å²) in [5.74, 6) is 1.79. The molecule has 0 saturated carbocycles. The molecule has 10 rings (SSSR count). The Bertz CT molecular complexity index is 2640. The van der Waals surface area contributed by atoms with E-state index in [1.54, 1.807) is 0 Å². The average molecular weight is 640 g/mol. The van der Waals surface area contributed by atoms with E-state index >= 15 is 0 Å². The van der Waals surface area contributed by atoms with Gasteiger partial charge < -0.3 is 4.57 Å². The lowest BCUT2D eigenvalue weighted by molar-refractivity contribution is 1.02. The van der Waals surface area contributed by atoms with E-state index in [2.05, 4.69) is 149 Å². The molecule has 3 heterocycles. The van der Waals surface area contributed by atoms with Crippen molar-refractivity contribution in [1.29, 1.82) is 0 Å². The van der Waals surface area contributed by atoms with Gasteiger partial charge in [-0.05, 0) is 35.4 Å². The Labute approximate surface area is 289 Å². The highest BCUT2D eigenvalue weighted by Gasteiger charge is 2.32. The molecule has 7 aromatic carbocycles. The molecule has 0 amide bonds. The van der Waals surface area contributed by atoms with Gasteiger partial charge in [0.05, 0.1) is 22.4 Å². The number of hydrogen-bond acceptors (Lipinski definition) is 4. The number of benzene rings is 7. The zero-order valence-electron chi connectivity index (χ0n) is 27.0. The molecule has 0 bridgehead atoms. The minimum absolute atomic E-state index is 0.552. The predicted molar refractivity (Wildman–Crippen MR) is 204 cm³/mol. The van der Waals surface area contributed by atoms with Gasteiger partial charge in [-0.3, -0.25) is 4.90 Å². The second-order valence-corrected chi connectivity index (χ2v) is 12.5. The van der Waals surface area contributed by atoms with Gasteiger partial charge in [-0.25, -0.2) is 4.98 Å². The molecule has 0 radical (unpaired) electrons. The van der Waals surface area contributed by atoms with Crippen LogP contribution in [0.15, 0.2) is 176 Å². The summed E-state index contributed by atoms with van der Waals surface area (Å²) in [4.78, 5) is 17.9. The zero-order chi connectivity index (χ0) is 33.0. The molecular formula is C45H29N5. The highest BCUT2D eigenvalue weighted by atomic mass is 15.3. The van der Waals surface area contributed by atoms with Gasteiger partial charge in [0.15, 0.2) is 11.6 Å². The van der Waals surface area contributed by atoms with Crippen LogP contribution in [0.4, 0.5) is 17.3 Å². The summed E-state index contributed by atoms with van der Waals surface area (Å²) in [6.07, 6.45) is 0. The summed E-state index contributed by atoms with van der Waals surface area (Å²) in [7, 11) is 0. The number of anilines is 3. The van der Waals surface area contributed by atoms with Gasteiger partial charge >= 0.3 is 0 Å². The Morgan fingerprint density at radius 3 is 1.60 bits per heavy atom. The van der Waals surface area contributed by atoms with E-state index in [9.17, 15) is 0 Å². The van der Waals surface area contributed by atoms with Crippen LogP contribution in [0.5, 0.6) is 0 Å². The monoisotopic (exact) mass is 639 g/mol. The zero-order valence-corrected chi connectivity index (χ0v) is 27.0. The molecule has 0 atom stereocenters. The first-order valence-electron chi connectivity index (χ1n) is 16.8. The van der Waals surface area contributed by atoms with Crippen LogP contribution in [-0.4, -0.2) is 19.5 Å². The molecule has 0 saturated heterocycles. The number of nitrogens with zero attached hydrogens (tertiary/aromatic N) is 5. The maximum atomic E-state index is 5.31. The standard InChI is InChI=1S/C45H29N5/c1-4-16-30(17-5-1)43-46-44(31-18-6-2-7-19-31)48-45(47-43)50-40-27-15-12-24-35(40)33-22-10-11-23-34(33)37-28-29-38-36-25-13-14-26-39(36)49(41(38)42(37)50)32-20-8-3-9-21-32/h1-29H. The van der Waals surface area contributed by atoms with Crippen LogP contribution < -0.4 is 4.90 Å². The number of aromatic nitrogens is 4. The van der Waals surface area contributed by atoms with Gasteiger partial charge in [0.2, 0.25) is 5.95 Å². The lowest BCUT2D eigenvalue weighted by Gasteiger charge is -2.27. The number of para-hydroxylation sites is 3. The largest absolute Gasteiger partial charge is 0.307 e. The van der Waals surface area contributed by atoms with Crippen molar-refractivity contribution in [3.05, 3.63) is 176 Å². The van der Waals surface area contributed by atoms with Crippen LogP contribution in [0.1, 0.15) is 0 Å². The number of hydrogen-bond donors (Lipinski definition) is 0. The van der Waals surface area contributed by atoms with Crippen LogP contribution >= 0.6 is 0 Å². The van der Waals surface area contributed by atoms with Crippen molar-refractivity contribution in [2.24, 2.45) is 0 Å². The lowest BCUT2D eigenvalue weighted by atomic mass is 9.94. The summed E-state index contributed by atoms with van der Waals surface area (Å²) in [6.45, 7) is 0. The van der Waals surface area contributed by atoms with Crippen LogP contribution in [0.3, 0.4) is 0 Å². The molecule has 50 heavy (non-hydrogen) atoms. The molecule has 0 N–H and O–H groups in total. The van der Waals surface area contributed by atoms with Crippen molar-refractivity contribution >= 4 is 39.1 Å². The Balaban J connectivity index is 1.40. The van der Waals surface area contributed by atoms with Crippen molar-refractivity contribution in [3.8, 4) is 50.7 Å². The van der Waals surface area contributed by atoms with Crippen LogP contribution in [0, 0.1) is 0 Å². The van der Waals surface area contributed by atoms with E-state index in [4.69, 9.17) is 15.0 Å². The van der Waals surface area contributed by atoms with Crippen molar-refractivity contribution < 1.29 is 0 Å². The third kappa shape index (κ3) is 4.37. The first-order valence-corrected chi connectivity index (χ1v) is 16.8. The highest BCUT2D eigenvalue weighted by molar-refractivity contribution is 6.19. The second kappa shape index (κ2) is 11.4. The van der Waals surface area contributed by atoms with Gasteiger partial charge in [0.1, 0.15) is 0 Å². The Hall–Kier alpha value is -6.85. The third-order valence-electron chi connectivity index (χ3n) is 9.59. The molecule has 9 aromatic rings. The third-order valence-corrected chi connectivity index (χ3v) is 9.59. The minimum Gasteiger partial charge on any atom is -0.307 e. The topological polar surface area (TPSA) is 46.8 Å². The molecular weight excluding hydrogens is 611 g/mol. The van der Waals surface area contributed by atoms with Crippen molar-refractivity contribution in [2.75, 3.05) is 4.90 Å². The summed E-state index contributed by atoms with van der Waals surface area (Å²) in [5.41, 5.74) is 11.7. The summed E-state index contributed by atoms with van der Waals surface area (Å²) < 4.78 is 2.39. The summed E-state index contributed by atoms with van der Waals surface area (Å²) in [6, 6.07) is 61.5. The van der Waals surface area contributed by atoms with Gasteiger partial charge in [-0.2, -0.15) is 9.97 Å². The Morgan fingerprint density at radius 1 is 0.380 bits per heavy atom. The van der Waals surface area contributed by atoms with Crippen LogP contribution in [0.2, 0.25) is 0 Å². The SMILES string of the molecule is c1ccc(-c2nc(-c3ccccc3)nc(N3c4ccccc4-c4ccccc4-c4ccc5c6ccccc6n(-c6ccccc6)c5c43)n2)cc1. The van der Waals surface area contributed by atoms with Crippen molar-refractivity contribution in [3.63, 3.8) is 0 Å². The van der Waals surface area contributed by atoms with Gasteiger partial charge in [0.25, 0.3) is 0 Å². The molecule has 5 heteroatoms. The van der Waals surface area contributed by atoms with E-state index in [1.165, 1.54) is 5.39 Å². The van der Waals surface area contributed by atoms with E-state index in [0.717, 1.165) is 66.9 Å². The fourth-order valence-electron chi connectivity index (χ4n) is 7.40. The van der Waals surface area contributed by atoms with Crippen molar-refractivity contribution in [1.82, 2.24) is 19.5 Å². The second-order valence-electron chi connectivity index (χ2n) is 12.5. The van der Waals surface area contributed by atoms with E-state index < -0.39 is 0 Å². The Kier molecular flexibility index (Phi) is 6.42. The lowest BCUT2D eigenvalue weighted by Crippen LogP contribution is -2.17. The first-order chi connectivity index (χ1) is 24.8. The molecule has 5 nitrogen and oxygen atoms in total. The average Bonchev–Trinajstić information content (AvgIpc) is 3.47. The fourth-order valence-corrected chi connectivity index (χ4v) is 7.40. The Morgan fingerprint density at radius 2 is 0.920 bits per heavy atom. The minimum atomic E-state index is 0.552. The molecule has 234 valence electrons. The van der Waals surface area contributed by atoms with Crippen molar-refractivity contribution in [2.45, 2.75) is 0 Å². The van der Waals surface area contributed by atoms with E-state index in [0.29, 0.717) is 17.6 Å². The molecule has 0 aliphatic carbocycles. The summed E-state index contributed by atoms with van der Waals surface area (Å²) in [5, 5.41) is 2.34. The molecule has 0 spiro atoms. The van der Waals surface area contributed by atoms with Crippen LogP contribution in [-0.2, 0) is 0 Å². The normalized spacial score (nSPS) is 12.0. The smallest absolute Gasteiger partial charge is 0.238 e. The molecule has 1 aliphatic rings. The molecule has 0 fully saturated rings. The van der Waals surface area contributed by atoms with E-state index in [-0.39, 0.29) is 0 Å². The fraction of sp³-hybridized carbons (Fsp3) is 0. The summed E-state index contributed by atoms with van der Waals surface area (Å²) >= 11 is 0. The van der Waals surface area contributed by atoms with E-state index in [1.807, 2.05) is 36.4 Å². The van der Waals surface area contributed by atoms with Crippen LogP contribution in [0.25, 0.3) is 72.5 Å². The predicted octanol–water partition coefficient (Wildman–Crippen LogP) is 11.4. The molecule has 1 aliphatic heterocycles. The van der Waals surface area contributed by atoms with Gasteiger partial charge in [-0.1, -0.05) is 152 Å². The number of rotatable bonds is 4. The maximum absolute atomic E-state index is 5.31. The quantitative estimate of drug-likeness (QED) is 0.192. The molecule has 2 aromatic heterocycles. The first kappa shape index (κ1) is 28.2. The maximum Gasteiger partial charge on any atom is 0.238 e. The number of fused-ring (bicyclic) bond motifs is 9. The van der Waals surface area contributed by atoms with Gasteiger partial charge in [-0.15, -0.1) is 0 Å². The highest BCUT2D eigenvalue weighted by Crippen LogP contribution is 2.54.